The van der Waals surface area contributed by atoms with Gasteiger partial charge in [-0.15, -0.1) is 0 Å². The van der Waals surface area contributed by atoms with Crippen molar-refractivity contribution in [3.05, 3.63) is 188 Å². The first kappa shape index (κ1) is 30.6. The summed E-state index contributed by atoms with van der Waals surface area (Å²) in [4.78, 5) is 15.7. The van der Waals surface area contributed by atoms with Crippen LogP contribution in [-0.4, -0.2) is 15.0 Å². The van der Waals surface area contributed by atoms with Gasteiger partial charge in [-0.05, 0) is 80.6 Å². The largest absolute Gasteiger partial charge is 0.456 e. The van der Waals surface area contributed by atoms with Gasteiger partial charge in [-0.1, -0.05) is 152 Å². The van der Waals surface area contributed by atoms with Crippen molar-refractivity contribution in [3.8, 4) is 67.5 Å². The molecule has 10 aromatic rings. The van der Waals surface area contributed by atoms with Crippen LogP contribution in [0.4, 0.5) is 0 Å². The Hall–Kier alpha value is -7.17. The molecule has 0 bridgehead atoms. The second-order valence-electron chi connectivity index (χ2n) is 13.3. The van der Waals surface area contributed by atoms with Crippen LogP contribution in [0.1, 0.15) is 0 Å². The van der Waals surface area contributed by atoms with Crippen LogP contribution in [0.2, 0.25) is 0 Å². The fourth-order valence-electron chi connectivity index (χ4n) is 7.25. The normalized spacial score (nSPS) is 11.4. The number of furan rings is 1. The lowest BCUT2D eigenvalue weighted by Crippen LogP contribution is -2.01. The van der Waals surface area contributed by atoms with E-state index in [9.17, 15) is 0 Å². The molecule has 0 aliphatic rings. The van der Waals surface area contributed by atoms with Crippen molar-refractivity contribution in [2.75, 3.05) is 0 Å². The van der Waals surface area contributed by atoms with E-state index in [0.29, 0.717) is 17.5 Å². The Balaban J connectivity index is 1.20. The minimum absolute atomic E-state index is 0.587. The summed E-state index contributed by atoms with van der Waals surface area (Å²) in [6, 6.07) is 65.2. The highest BCUT2D eigenvalue weighted by atomic mass is 16.3. The fourth-order valence-corrected chi connectivity index (χ4v) is 7.25. The number of nitrogens with zero attached hydrogens (tertiary/aromatic N) is 3. The number of para-hydroxylation sites is 1. The van der Waals surface area contributed by atoms with Crippen LogP contribution >= 0.6 is 0 Å². The van der Waals surface area contributed by atoms with Gasteiger partial charge in [0, 0.05) is 27.5 Å². The molecule has 2 aromatic heterocycles. The van der Waals surface area contributed by atoms with Crippen LogP contribution in [0.15, 0.2) is 192 Å². The highest BCUT2D eigenvalue weighted by molar-refractivity contribution is 6.13. The number of rotatable bonds is 6. The van der Waals surface area contributed by atoms with E-state index in [1.807, 2.05) is 36.4 Å². The van der Waals surface area contributed by atoms with E-state index < -0.39 is 0 Å². The maximum absolute atomic E-state index is 6.49. The van der Waals surface area contributed by atoms with Crippen LogP contribution in [0, 0.1) is 0 Å². The predicted molar refractivity (Wildman–Crippen MR) is 217 cm³/mol. The summed E-state index contributed by atoms with van der Waals surface area (Å²) in [5.74, 6) is 1.80. The van der Waals surface area contributed by atoms with E-state index in [0.717, 1.165) is 71.7 Å². The Bertz CT molecular complexity index is 2940. The van der Waals surface area contributed by atoms with Crippen molar-refractivity contribution in [1.82, 2.24) is 15.0 Å². The Kier molecular flexibility index (Phi) is 7.43. The maximum Gasteiger partial charge on any atom is 0.164 e. The molecule has 0 saturated heterocycles. The van der Waals surface area contributed by atoms with Crippen molar-refractivity contribution in [2.24, 2.45) is 0 Å². The first-order valence-electron chi connectivity index (χ1n) is 17.8. The first-order valence-corrected chi connectivity index (χ1v) is 17.8. The van der Waals surface area contributed by atoms with E-state index in [1.54, 1.807) is 0 Å². The number of fused-ring (bicyclic) bond motifs is 4. The molecule has 10 rings (SSSR count). The van der Waals surface area contributed by atoms with Crippen LogP contribution in [0.25, 0.3) is 100 Å². The molecule has 4 heteroatoms. The van der Waals surface area contributed by atoms with Crippen molar-refractivity contribution in [2.45, 2.75) is 0 Å². The molecule has 0 atom stereocenters. The summed E-state index contributed by atoms with van der Waals surface area (Å²) >= 11 is 0. The molecule has 4 nitrogen and oxygen atoms in total. The lowest BCUT2D eigenvalue weighted by Gasteiger charge is -2.12. The molecule has 0 N–H and O–H groups in total. The second kappa shape index (κ2) is 12.9. The van der Waals surface area contributed by atoms with Crippen LogP contribution in [0.5, 0.6) is 0 Å². The van der Waals surface area contributed by atoms with Crippen molar-refractivity contribution < 1.29 is 4.42 Å². The fraction of sp³-hybridized carbons (Fsp3) is 0. The van der Waals surface area contributed by atoms with Gasteiger partial charge in [-0.3, -0.25) is 0 Å². The lowest BCUT2D eigenvalue weighted by atomic mass is 9.98. The van der Waals surface area contributed by atoms with Gasteiger partial charge >= 0.3 is 0 Å². The zero-order chi connectivity index (χ0) is 35.1. The van der Waals surface area contributed by atoms with E-state index in [1.165, 1.54) is 11.1 Å². The van der Waals surface area contributed by atoms with Gasteiger partial charge in [0.2, 0.25) is 0 Å². The summed E-state index contributed by atoms with van der Waals surface area (Å²) in [7, 11) is 0. The van der Waals surface area contributed by atoms with Crippen molar-refractivity contribution in [3.63, 3.8) is 0 Å². The van der Waals surface area contributed by atoms with E-state index >= 15 is 0 Å². The molecule has 53 heavy (non-hydrogen) atoms. The molecule has 0 radical (unpaired) electrons. The zero-order valence-electron chi connectivity index (χ0n) is 28.6. The van der Waals surface area contributed by atoms with Crippen LogP contribution in [-0.2, 0) is 0 Å². The number of hydrogen-bond acceptors (Lipinski definition) is 4. The second-order valence-corrected chi connectivity index (χ2v) is 13.3. The van der Waals surface area contributed by atoms with E-state index in [-0.39, 0.29) is 0 Å². The van der Waals surface area contributed by atoms with Crippen molar-refractivity contribution >= 4 is 32.7 Å². The van der Waals surface area contributed by atoms with Gasteiger partial charge in [0.1, 0.15) is 11.2 Å². The molecule has 0 spiro atoms. The van der Waals surface area contributed by atoms with E-state index in [2.05, 4.69) is 152 Å². The molecule has 0 unspecified atom stereocenters. The molecule has 248 valence electrons. The molecular formula is C49H31N3O. The SMILES string of the molecule is c1ccc(-c2cccc(-c3nc(-c4ccc5cc(-c6ccccc6)ccc5c4)nc(-c4cc(-c5ccccc5)cc5oc6ccccc6c45)n3)c2)cc1. The molecule has 0 amide bonds. The van der Waals surface area contributed by atoms with Gasteiger partial charge in [0.15, 0.2) is 17.5 Å². The molecule has 0 aliphatic carbocycles. The lowest BCUT2D eigenvalue weighted by molar-refractivity contribution is 0.669. The highest BCUT2D eigenvalue weighted by Crippen LogP contribution is 2.40. The Morgan fingerprint density at radius 1 is 0.302 bits per heavy atom. The average Bonchev–Trinajstić information content (AvgIpc) is 3.62. The molecule has 8 aromatic carbocycles. The summed E-state index contributed by atoms with van der Waals surface area (Å²) in [6.07, 6.45) is 0. The topological polar surface area (TPSA) is 51.8 Å². The predicted octanol–water partition coefficient (Wildman–Crippen LogP) is 12.9. The van der Waals surface area contributed by atoms with Crippen LogP contribution < -0.4 is 0 Å². The molecule has 0 fully saturated rings. The molecule has 0 aliphatic heterocycles. The zero-order valence-corrected chi connectivity index (χ0v) is 28.6. The maximum atomic E-state index is 6.49. The molecule has 2 heterocycles. The number of hydrogen-bond donors (Lipinski definition) is 0. The average molecular weight is 678 g/mol. The van der Waals surface area contributed by atoms with Crippen LogP contribution in [0.3, 0.4) is 0 Å². The van der Waals surface area contributed by atoms with Gasteiger partial charge < -0.3 is 4.42 Å². The summed E-state index contributed by atoms with van der Waals surface area (Å²) in [5.41, 5.74) is 11.1. The highest BCUT2D eigenvalue weighted by Gasteiger charge is 2.20. The van der Waals surface area contributed by atoms with Gasteiger partial charge in [-0.2, -0.15) is 0 Å². The minimum atomic E-state index is 0.587. The Morgan fingerprint density at radius 3 is 1.47 bits per heavy atom. The quantitative estimate of drug-likeness (QED) is 0.176. The number of aromatic nitrogens is 3. The van der Waals surface area contributed by atoms with Gasteiger partial charge in [0.05, 0.1) is 0 Å². The third-order valence-electron chi connectivity index (χ3n) is 9.90. The van der Waals surface area contributed by atoms with E-state index in [4.69, 9.17) is 19.4 Å². The molecule has 0 saturated carbocycles. The minimum Gasteiger partial charge on any atom is -0.456 e. The summed E-state index contributed by atoms with van der Waals surface area (Å²) in [6.45, 7) is 0. The summed E-state index contributed by atoms with van der Waals surface area (Å²) < 4.78 is 6.49. The van der Waals surface area contributed by atoms with Crippen molar-refractivity contribution in [1.29, 1.82) is 0 Å². The molecular weight excluding hydrogens is 647 g/mol. The standard InChI is InChI=1S/C49H31N3O/c1-4-13-32(14-5-1)35-19-12-20-39(28-35)47-50-48(40-26-25-37-27-36(23-24-38(37)29-40)33-15-6-2-7-16-33)52-49(51-47)43-30-41(34-17-8-3-9-18-34)31-45-46(43)42-21-10-11-22-44(42)53-45/h1-31H. The number of benzene rings is 8. The smallest absolute Gasteiger partial charge is 0.164 e. The van der Waals surface area contributed by atoms with Gasteiger partial charge in [-0.25, -0.2) is 15.0 Å². The first-order chi connectivity index (χ1) is 26.2. The Morgan fingerprint density at radius 2 is 0.792 bits per heavy atom. The van der Waals surface area contributed by atoms with Gasteiger partial charge in [0.25, 0.3) is 0 Å². The summed E-state index contributed by atoms with van der Waals surface area (Å²) in [5, 5.41) is 4.27. The Labute approximate surface area is 306 Å². The monoisotopic (exact) mass is 677 g/mol. The third kappa shape index (κ3) is 5.73. The third-order valence-corrected chi connectivity index (χ3v) is 9.90.